The Morgan fingerprint density at radius 3 is 2.62 bits per heavy atom. The Bertz CT molecular complexity index is 961. The lowest BCUT2D eigenvalue weighted by molar-refractivity contribution is -0.129. The first kappa shape index (κ1) is 17.7. The lowest BCUT2D eigenvalue weighted by Crippen LogP contribution is -2.38. The first-order chi connectivity index (χ1) is 12.3. The number of nitrogens with zero attached hydrogens (tertiary/aromatic N) is 2. The first-order valence-electron chi connectivity index (χ1n) is 8.24. The fourth-order valence-electron chi connectivity index (χ4n) is 3.30. The van der Waals surface area contributed by atoms with Crippen molar-refractivity contribution in [2.75, 3.05) is 13.7 Å². The highest BCUT2D eigenvalue weighted by Gasteiger charge is 2.27. The van der Waals surface area contributed by atoms with Crippen molar-refractivity contribution in [3.05, 3.63) is 57.0 Å². The van der Waals surface area contributed by atoms with Crippen LogP contribution in [-0.2, 0) is 17.8 Å². The van der Waals surface area contributed by atoms with E-state index >= 15 is 0 Å². The fraction of sp³-hybridized carbons (Fsp3) is 0.316. The van der Waals surface area contributed by atoms with Gasteiger partial charge < -0.3 is 14.7 Å². The van der Waals surface area contributed by atoms with Gasteiger partial charge in [-0.15, -0.1) is 0 Å². The number of rotatable bonds is 3. The minimum atomic E-state index is -1.25. The topological polar surface area (TPSA) is 88.8 Å². The van der Waals surface area contributed by atoms with E-state index in [0.29, 0.717) is 35.5 Å². The maximum atomic E-state index is 12.9. The number of benzene rings is 1. The van der Waals surface area contributed by atoms with Crippen molar-refractivity contribution >= 4 is 11.9 Å². The first-order valence-corrected chi connectivity index (χ1v) is 8.24. The average molecular weight is 356 g/mol. The zero-order valence-electron chi connectivity index (χ0n) is 14.9. The fourth-order valence-corrected chi connectivity index (χ4v) is 3.30. The van der Waals surface area contributed by atoms with E-state index in [2.05, 4.69) is 0 Å². The van der Waals surface area contributed by atoms with Crippen LogP contribution in [-0.4, -0.2) is 40.1 Å². The molecule has 0 atom stereocenters. The zero-order valence-corrected chi connectivity index (χ0v) is 14.9. The lowest BCUT2D eigenvalue weighted by Gasteiger charge is -2.29. The summed E-state index contributed by atoms with van der Waals surface area (Å²) in [5.41, 5.74) is 1.74. The number of pyridine rings is 1. The van der Waals surface area contributed by atoms with Gasteiger partial charge in [-0.05, 0) is 36.1 Å². The molecule has 2 aromatic rings. The number of fused-ring (bicyclic) bond motifs is 1. The molecule has 2 heterocycles. The van der Waals surface area contributed by atoms with Gasteiger partial charge in [0.25, 0.3) is 5.56 Å². The quantitative estimate of drug-likeness (QED) is 0.905. The van der Waals surface area contributed by atoms with E-state index in [1.807, 2.05) is 13.0 Å². The Balaban J connectivity index is 2.26. The molecule has 1 aliphatic rings. The predicted molar refractivity (Wildman–Crippen MR) is 95.1 cm³/mol. The largest absolute Gasteiger partial charge is 0.497 e. The number of aromatic carboxylic acids is 1. The third kappa shape index (κ3) is 2.96. The van der Waals surface area contributed by atoms with Crippen molar-refractivity contribution in [1.29, 1.82) is 0 Å². The summed E-state index contributed by atoms with van der Waals surface area (Å²) < 4.78 is 6.56. The van der Waals surface area contributed by atoms with Crippen LogP contribution in [0.15, 0.2) is 29.2 Å². The van der Waals surface area contributed by atoms with E-state index in [4.69, 9.17) is 4.74 Å². The van der Waals surface area contributed by atoms with Gasteiger partial charge in [0.05, 0.1) is 12.8 Å². The Hall–Kier alpha value is -3.09. The minimum absolute atomic E-state index is 0.0807. The molecule has 0 radical (unpaired) electrons. The Morgan fingerprint density at radius 2 is 2.00 bits per heavy atom. The summed E-state index contributed by atoms with van der Waals surface area (Å²) in [6.07, 6.45) is 1.99. The summed E-state index contributed by atoms with van der Waals surface area (Å²) in [6.45, 7) is 4.01. The van der Waals surface area contributed by atoms with E-state index in [-0.39, 0.29) is 18.0 Å². The van der Waals surface area contributed by atoms with Gasteiger partial charge in [-0.2, -0.15) is 0 Å². The second kappa shape index (κ2) is 6.67. The van der Waals surface area contributed by atoms with E-state index in [9.17, 15) is 19.5 Å². The van der Waals surface area contributed by atoms with Gasteiger partial charge in [-0.1, -0.05) is 6.07 Å². The number of ether oxygens (including phenoxy) is 1. The monoisotopic (exact) mass is 356 g/mol. The van der Waals surface area contributed by atoms with Crippen LogP contribution in [0, 0.1) is 6.92 Å². The highest BCUT2D eigenvalue weighted by molar-refractivity contribution is 5.89. The summed E-state index contributed by atoms with van der Waals surface area (Å²) in [4.78, 5) is 38.0. The van der Waals surface area contributed by atoms with Crippen LogP contribution >= 0.6 is 0 Å². The Morgan fingerprint density at radius 1 is 1.27 bits per heavy atom. The highest BCUT2D eigenvalue weighted by atomic mass is 16.5. The molecule has 1 aliphatic heterocycles. The molecular weight excluding hydrogens is 336 g/mol. The number of hydrogen-bond donors (Lipinski definition) is 1. The molecule has 0 saturated carbocycles. The van der Waals surface area contributed by atoms with Crippen LogP contribution in [0.25, 0.3) is 5.69 Å². The van der Waals surface area contributed by atoms with Crippen molar-refractivity contribution in [1.82, 2.24) is 9.47 Å². The molecule has 0 fully saturated rings. The second-order valence-corrected chi connectivity index (χ2v) is 6.33. The minimum Gasteiger partial charge on any atom is -0.497 e. The van der Waals surface area contributed by atoms with Crippen LogP contribution in [0.1, 0.15) is 34.0 Å². The van der Waals surface area contributed by atoms with Gasteiger partial charge in [0.1, 0.15) is 11.3 Å². The number of methoxy groups -OCH3 is 1. The molecule has 7 nitrogen and oxygen atoms in total. The number of carbonyl (C=O) groups is 2. The number of carbonyl (C=O) groups excluding carboxylic acids is 1. The van der Waals surface area contributed by atoms with Crippen LogP contribution in [0.4, 0.5) is 0 Å². The molecule has 3 rings (SSSR count). The molecule has 7 heteroatoms. The summed E-state index contributed by atoms with van der Waals surface area (Å²) >= 11 is 0. The highest BCUT2D eigenvalue weighted by Crippen LogP contribution is 2.25. The molecule has 136 valence electrons. The molecular formula is C19H20N2O5. The van der Waals surface area contributed by atoms with Gasteiger partial charge >= 0.3 is 5.97 Å². The molecule has 0 aliphatic carbocycles. The van der Waals surface area contributed by atoms with Gasteiger partial charge in [0.2, 0.25) is 5.91 Å². The number of aryl methyl sites for hydroxylation is 1. The molecule has 0 saturated heterocycles. The third-order valence-electron chi connectivity index (χ3n) is 4.73. The molecule has 1 aromatic heterocycles. The number of hydrogen-bond acceptors (Lipinski definition) is 4. The van der Waals surface area contributed by atoms with Crippen molar-refractivity contribution in [2.24, 2.45) is 0 Å². The van der Waals surface area contributed by atoms with Gasteiger partial charge in [-0.3, -0.25) is 14.2 Å². The van der Waals surface area contributed by atoms with Crippen molar-refractivity contribution in [2.45, 2.75) is 26.8 Å². The van der Waals surface area contributed by atoms with Gasteiger partial charge in [0.15, 0.2) is 0 Å². The normalized spacial score (nSPS) is 13.3. The molecule has 1 aromatic carbocycles. The van der Waals surface area contributed by atoms with Crippen LogP contribution in [0.3, 0.4) is 0 Å². The smallest absolute Gasteiger partial charge is 0.341 e. The van der Waals surface area contributed by atoms with Crippen molar-refractivity contribution in [3.63, 3.8) is 0 Å². The molecule has 0 bridgehead atoms. The Labute approximate surface area is 150 Å². The average Bonchev–Trinajstić information content (AvgIpc) is 2.61. The summed E-state index contributed by atoms with van der Waals surface area (Å²) in [5, 5.41) is 9.62. The number of carboxylic acids is 1. The van der Waals surface area contributed by atoms with Crippen molar-refractivity contribution < 1.29 is 19.4 Å². The molecule has 0 unspecified atom stereocenters. The maximum Gasteiger partial charge on any atom is 0.341 e. The number of aromatic nitrogens is 1. The predicted octanol–water partition coefficient (Wildman–Crippen LogP) is 1.76. The summed E-state index contributed by atoms with van der Waals surface area (Å²) in [6, 6.07) is 5.28. The van der Waals surface area contributed by atoms with Crippen molar-refractivity contribution in [3.8, 4) is 11.4 Å². The molecule has 26 heavy (non-hydrogen) atoms. The van der Waals surface area contributed by atoms with E-state index in [0.717, 1.165) is 5.56 Å². The number of amides is 1. The SMILES string of the molecule is COc1ccc(C)c(-n2cc3c(c(C(=O)O)c2=O)CCN(C(C)=O)C3)c1. The molecule has 0 spiro atoms. The third-order valence-corrected chi connectivity index (χ3v) is 4.73. The van der Waals surface area contributed by atoms with E-state index < -0.39 is 11.5 Å². The zero-order chi connectivity index (χ0) is 19.0. The summed E-state index contributed by atoms with van der Waals surface area (Å²) in [7, 11) is 1.53. The Kier molecular flexibility index (Phi) is 4.54. The van der Waals surface area contributed by atoms with E-state index in [1.165, 1.54) is 18.6 Å². The van der Waals surface area contributed by atoms with Gasteiger partial charge in [-0.25, -0.2) is 4.79 Å². The molecule has 1 N–H and O–H groups in total. The van der Waals surface area contributed by atoms with Gasteiger partial charge in [0, 0.05) is 32.3 Å². The lowest BCUT2D eigenvalue weighted by atomic mass is 9.96. The van der Waals surface area contributed by atoms with Crippen LogP contribution < -0.4 is 10.3 Å². The maximum absolute atomic E-state index is 12.9. The van der Waals surface area contributed by atoms with Crippen LogP contribution in [0.5, 0.6) is 5.75 Å². The summed E-state index contributed by atoms with van der Waals surface area (Å²) in [5.74, 6) is -0.766. The standard InChI is InChI=1S/C19H20N2O5/c1-11-4-5-14(26-3)8-16(11)21-10-13-9-20(12(2)22)7-6-15(13)17(18(21)23)19(24)25/h4-5,8,10H,6-7,9H2,1-3H3,(H,24,25). The molecule has 1 amide bonds. The number of carboxylic acid groups (broad SMARTS) is 1. The van der Waals surface area contributed by atoms with Crippen LogP contribution in [0.2, 0.25) is 0 Å². The van der Waals surface area contributed by atoms with E-state index in [1.54, 1.807) is 23.2 Å². The second-order valence-electron chi connectivity index (χ2n) is 6.33.